The van der Waals surface area contributed by atoms with Gasteiger partial charge in [0.1, 0.15) is 6.10 Å². The van der Waals surface area contributed by atoms with E-state index in [0.717, 1.165) is 33.8 Å². The minimum absolute atomic E-state index is 0.0962. The molecule has 28 heavy (non-hydrogen) atoms. The van der Waals surface area contributed by atoms with Crippen LogP contribution in [0.25, 0.3) is 5.65 Å². The lowest BCUT2D eigenvalue weighted by atomic mass is 9.91. The van der Waals surface area contributed by atoms with Crippen LogP contribution in [0.4, 0.5) is 5.69 Å². The molecule has 148 valence electrons. The Labute approximate surface area is 165 Å². The molecule has 6 nitrogen and oxygen atoms in total. The number of benzene rings is 1. The summed E-state index contributed by atoms with van der Waals surface area (Å²) in [5.74, 6) is -0.259. The number of nitrogens with zero attached hydrogens (tertiary/aromatic N) is 2. The molecule has 1 aliphatic heterocycles. The average molecular weight is 380 g/mol. The number of aromatic nitrogens is 2. The second kappa shape index (κ2) is 8.44. The fourth-order valence-corrected chi connectivity index (χ4v) is 3.57. The molecular formula is C22H28N4O2. The summed E-state index contributed by atoms with van der Waals surface area (Å²) in [4.78, 5) is 16.3. The lowest BCUT2D eigenvalue weighted by molar-refractivity contribution is -0.147. The van der Waals surface area contributed by atoms with Gasteiger partial charge in [-0.2, -0.15) is 0 Å². The third-order valence-electron chi connectivity index (χ3n) is 4.93. The van der Waals surface area contributed by atoms with E-state index in [1.165, 1.54) is 6.92 Å². The fraction of sp³-hybridized carbons (Fsp3) is 0.364. The lowest BCUT2D eigenvalue weighted by Crippen LogP contribution is -2.36. The number of aryl methyl sites for hydroxylation is 2. The summed E-state index contributed by atoms with van der Waals surface area (Å²) in [7, 11) is 3.75. The van der Waals surface area contributed by atoms with Crippen LogP contribution in [-0.4, -0.2) is 35.6 Å². The monoisotopic (exact) mass is 380 g/mol. The summed E-state index contributed by atoms with van der Waals surface area (Å²) in [6, 6.07) is 12.1. The van der Waals surface area contributed by atoms with Crippen molar-refractivity contribution >= 4 is 17.3 Å². The molecule has 0 spiro atoms. The summed E-state index contributed by atoms with van der Waals surface area (Å²) >= 11 is 0. The van der Waals surface area contributed by atoms with E-state index < -0.39 is 0 Å². The van der Waals surface area contributed by atoms with Gasteiger partial charge < -0.3 is 19.8 Å². The second-order valence-corrected chi connectivity index (χ2v) is 7.08. The van der Waals surface area contributed by atoms with Crippen LogP contribution in [0.5, 0.6) is 0 Å². The van der Waals surface area contributed by atoms with Crippen molar-refractivity contribution in [1.82, 2.24) is 14.7 Å². The van der Waals surface area contributed by atoms with Gasteiger partial charge in [0.05, 0.1) is 17.4 Å². The molecule has 0 bridgehead atoms. The standard InChI is InChI=1S/C20H21N3O2.C2H7N/c1-12-13(2)23-10-9-16-11-17(25-14(3)24)18(15-7-5-4-6-8-15)22-19(16)20(23)21-12;1-3-2/h4-10,17-18,22H,11H2,1-3H3;3H,1-2H3. The van der Waals surface area contributed by atoms with E-state index in [0.29, 0.717) is 6.42 Å². The fourth-order valence-electron chi connectivity index (χ4n) is 3.57. The number of rotatable bonds is 2. The van der Waals surface area contributed by atoms with E-state index >= 15 is 0 Å². The van der Waals surface area contributed by atoms with Gasteiger partial charge in [-0.25, -0.2) is 4.98 Å². The van der Waals surface area contributed by atoms with Gasteiger partial charge >= 0.3 is 5.97 Å². The first-order valence-electron chi connectivity index (χ1n) is 9.50. The Morgan fingerprint density at radius 2 is 1.89 bits per heavy atom. The summed E-state index contributed by atoms with van der Waals surface area (Å²) in [5, 5.41) is 6.34. The minimum atomic E-state index is -0.259. The molecule has 2 atom stereocenters. The van der Waals surface area contributed by atoms with Crippen LogP contribution >= 0.6 is 0 Å². The van der Waals surface area contributed by atoms with Crippen LogP contribution in [0.2, 0.25) is 0 Å². The van der Waals surface area contributed by atoms with Gasteiger partial charge in [-0.15, -0.1) is 0 Å². The Morgan fingerprint density at radius 1 is 1.21 bits per heavy atom. The number of esters is 1. The van der Waals surface area contributed by atoms with E-state index in [2.05, 4.69) is 40.2 Å². The Balaban J connectivity index is 0.000000706. The number of anilines is 1. The van der Waals surface area contributed by atoms with Gasteiger partial charge in [0.15, 0.2) is 5.65 Å². The molecule has 6 heteroatoms. The van der Waals surface area contributed by atoms with Crippen LogP contribution in [0.3, 0.4) is 0 Å². The topological polar surface area (TPSA) is 67.7 Å². The number of carbonyl (C=O) groups is 1. The molecule has 3 aromatic rings. The smallest absolute Gasteiger partial charge is 0.302 e. The Kier molecular flexibility index (Phi) is 5.99. The molecule has 0 radical (unpaired) electrons. The molecular weight excluding hydrogens is 352 g/mol. The Morgan fingerprint density at radius 3 is 2.54 bits per heavy atom. The van der Waals surface area contributed by atoms with E-state index in [1.54, 1.807) is 0 Å². The van der Waals surface area contributed by atoms with Crippen molar-refractivity contribution in [2.24, 2.45) is 0 Å². The molecule has 2 aromatic heterocycles. The molecule has 3 heterocycles. The SMILES string of the molecule is CC(=O)OC1Cc2ccn3c(C)c(C)nc3c2NC1c1ccccc1.CNC. The largest absolute Gasteiger partial charge is 0.460 e. The number of ether oxygens (including phenoxy) is 1. The quantitative estimate of drug-likeness (QED) is 0.667. The average Bonchev–Trinajstić information content (AvgIpc) is 2.96. The highest BCUT2D eigenvalue weighted by atomic mass is 16.5. The molecule has 1 aliphatic rings. The van der Waals surface area contributed by atoms with Gasteiger partial charge in [-0.3, -0.25) is 4.79 Å². The highest BCUT2D eigenvalue weighted by Crippen LogP contribution is 2.37. The van der Waals surface area contributed by atoms with Crippen LogP contribution in [0.1, 0.15) is 35.5 Å². The molecule has 2 N–H and O–H groups in total. The first kappa shape index (κ1) is 19.9. The second-order valence-electron chi connectivity index (χ2n) is 7.08. The number of hydrogen-bond donors (Lipinski definition) is 2. The predicted octanol–water partition coefficient (Wildman–Crippen LogP) is 3.43. The number of pyridine rings is 1. The maximum Gasteiger partial charge on any atom is 0.302 e. The zero-order chi connectivity index (χ0) is 20.3. The molecule has 0 fully saturated rings. The van der Waals surface area contributed by atoms with Gasteiger partial charge in [-0.1, -0.05) is 30.3 Å². The maximum absolute atomic E-state index is 11.6. The Bertz CT molecular complexity index is 966. The molecule has 4 rings (SSSR count). The zero-order valence-electron chi connectivity index (χ0n) is 17.1. The van der Waals surface area contributed by atoms with E-state index in [1.807, 2.05) is 45.4 Å². The van der Waals surface area contributed by atoms with Gasteiger partial charge in [0, 0.05) is 25.2 Å². The van der Waals surface area contributed by atoms with E-state index in [4.69, 9.17) is 9.72 Å². The van der Waals surface area contributed by atoms with Gasteiger partial charge in [-0.05, 0) is 45.1 Å². The van der Waals surface area contributed by atoms with Crippen molar-refractivity contribution in [3.05, 3.63) is 65.1 Å². The summed E-state index contributed by atoms with van der Waals surface area (Å²) < 4.78 is 7.73. The van der Waals surface area contributed by atoms with Crippen molar-refractivity contribution in [3.8, 4) is 0 Å². The van der Waals surface area contributed by atoms with Gasteiger partial charge in [0.2, 0.25) is 0 Å². The van der Waals surface area contributed by atoms with E-state index in [-0.39, 0.29) is 18.1 Å². The van der Waals surface area contributed by atoms with Gasteiger partial charge in [0.25, 0.3) is 0 Å². The first-order valence-corrected chi connectivity index (χ1v) is 9.50. The van der Waals surface area contributed by atoms with Crippen molar-refractivity contribution in [3.63, 3.8) is 0 Å². The lowest BCUT2D eigenvalue weighted by Gasteiger charge is -2.34. The number of imidazole rings is 1. The number of nitrogens with one attached hydrogen (secondary N) is 2. The summed E-state index contributed by atoms with van der Waals surface area (Å²) in [5.41, 5.74) is 6.33. The Hall–Kier alpha value is -2.86. The van der Waals surface area contributed by atoms with Crippen molar-refractivity contribution in [2.75, 3.05) is 19.4 Å². The van der Waals surface area contributed by atoms with Crippen LogP contribution < -0.4 is 10.6 Å². The van der Waals surface area contributed by atoms with Crippen molar-refractivity contribution in [1.29, 1.82) is 0 Å². The summed E-state index contributed by atoms with van der Waals surface area (Å²) in [6.45, 7) is 5.55. The first-order chi connectivity index (χ1) is 13.5. The zero-order valence-corrected chi connectivity index (χ0v) is 17.1. The van der Waals surface area contributed by atoms with E-state index in [9.17, 15) is 4.79 Å². The minimum Gasteiger partial charge on any atom is -0.460 e. The third-order valence-corrected chi connectivity index (χ3v) is 4.93. The number of fused-ring (bicyclic) bond motifs is 3. The van der Waals surface area contributed by atoms with Crippen molar-refractivity contribution < 1.29 is 9.53 Å². The molecule has 0 saturated heterocycles. The van der Waals surface area contributed by atoms with Crippen LogP contribution in [-0.2, 0) is 16.0 Å². The van der Waals surface area contributed by atoms with Crippen LogP contribution in [0.15, 0.2) is 42.6 Å². The predicted molar refractivity (Wildman–Crippen MR) is 112 cm³/mol. The normalized spacial score (nSPS) is 17.9. The van der Waals surface area contributed by atoms with Crippen molar-refractivity contribution in [2.45, 2.75) is 39.3 Å². The van der Waals surface area contributed by atoms with Crippen LogP contribution in [0, 0.1) is 13.8 Å². The molecule has 0 aliphatic carbocycles. The molecule has 1 aromatic carbocycles. The molecule has 0 amide bonds. The molecule has 2 unspecified atom stereocenters. The third kappa shape index (κ3) is 3.87. The maximum atomic E-state index is 11.6. The molecule has 0 saturated carbocycles. The highest BCUT2D eigenvalue weighted by Gasteiger charge is 2.33. The summed E-state index contributed by atoms with van der Waals surface area (Å²) in [6.07, 6.45) is 2.47. The number of carbonyl (C=O) groups excluding carboxylic acids is 1. The highest BCUT2D eigenvalue weighted by molar-refractivity contribution is 5.75. The number of hydrogen-bond acceptors (Lipinski definition) is 5.